The summed E-state index contributed by atoms with van der Waals surface area (Å²) in [6.45, 7) is 9.32. The van der Waals surface area contributed by atoms with E-state index in [1.54, 1.807) is 0 Å². The van der Waals surface area contributed by atoms with Gasteiger partial charge < -0.3 is 4.90 Å². The lowest BCUT2D eigenvalue weighted by Gasteiger charge is -2.22. The minimum absolute atomic E-state index is 1.11. The van der Waals surface area contributed by atoms with Crippen molar-refractivity contribution >= 4 is 5.69 Å². The van der Waals surface area contributed by atoms with Crippen LogP contribution in [0.3, 0.4) is 0 Å². The third-order valence-corrected chi connectivity index (χ3v) is 4.10. The standard InChI is InChI=1S/C17H28N2/c1-3-5-6-9-12-18-13-14-19(15-18)17-11-8-7-10-16(17)4-2/h7-8,10-11H,3-6,9,12-15H2,1-2H3. The van der Waals surface area contributed by atoms with Gasteiger partial charge in [0.15, 0.2) is 0 Å². The summed E-state index contributed by atoms with van der Waals surface area (Å²) >= 11 is 0. The predicted octanol–water partition coefficient (Wildman–Crippen LogP) is 3.91. The van der Waals surface area contributed by atoms with E-state index in [2.05, 4.69) is 47.9 Å². The second-order valence-electron chi connectivity index (χ2n) is 5.57. The Kier molecular flexibility index (Phi) is 5.71. The maximum atomic E-state index is 2.60. The molecule has 0 unspecified atom stereocenters. The molecule has 0 N–H and O–H groups in total. The van der Waals surface area contributed by atoms with Gasteiger partial charge >= 0.3 is 0 Å². The fraction of sp³-hybridized carbons (Fsp3) is 0.647. The Bertz CT molecular complexity index is 375. The summed E-state index contributed by atoms with van der Waals surface area (Å²) in [6.07, 6.45) is 6.59. The summed E-state index contributed by atoms with van der Waals surface area (Å²) < 4.78 is 0. The third kappa shape index (κ3) is 3.97. The molecule has 0 radical (unpaired) electrons. The molecule has 1 aromatic carbocycles. The van der Waals surface area contributed by atoms with Crippen LogP contribution in [0.1, 0.15) is 45.1 Å². The van der Waals surface area contributed by atoms with Crippen LogP contribution < -0.4 is 4.90 Å². The molecule has 1 aliphatic rings. The largest absolute Gasteiger partial charge is 0.357 e. The predicted molar refractivity (Wildman–Crippen MR) is 83.7 cm³/mol. The van der Waals surface area contributed by atoms with Gasteiger partial charge in [0.1, 0.15) is 0 Å². The highest BCUT2D eigenvalue weighted by Crippen LogP contribution is 2.23. The molecule has 0 spiro atoms. The Morgan fingerprint density at radius 3 is 2.63 bits per heavy atom. The van der Waals surface area contributed by atoms with E-state index in [0.29, 0.717) is 0 Å². The van der Waals surface area contributed by atoms with Crippen LogP contribution >= 0.6 is 0 Å². The summed E-state index contributed by atoms with van der Waals surface area (Å²) in [4.78, 5) is 5.14. The number of aryl methyl sites for hydroxylation is 1. The normalized spacial score (nSPS) is 16.2. The van der Waals surface area contributed by atoms with E-state index in [4.69, 9.17) is 0 Å². The number of para-hydroxylation sites is 1. The Morgan fingerprint density at radius 1 is 1.00 bits per heavy atom. The second kappa shape index (κ2) is 7.54. The number of rotatable bonds is 7. The molecule has 1 fully saturated rings. The maximum absolute atomic E-state index is 2.60. The molecule has 0 saturated carbocycles. The summed E-state index contributed by atoms with van der Waals surface area (Å²) in [5.74, 6) is 0. The van der Waals surface area contributed by atoms with Gasteiger partial charge in [-0.05, 0) is 31.0 Å². The Labute approximate surface area is 118 Å². The van der Waals surface area contributed by atoms with Crippen LogP contribution in [0, 0.1) is 0 Å². The van der Waals surface area contributed by atoms with Crippen molar-refractivity contribution in [1.82, 2.24) is 4.90 Å². The van der Waals surface area contributed by atoms with Crippen LogP contribution in [-0.2, 0) is 6.42 Å². The molecule has 1 aliphatic heterocycles. The van der Waals surface area contributed by atoms with E-state index >= 15 is 0 Å². The van der Waals surface area contributed by atoms with Crippen molar-refractivity contribution in [2.75, 3.05) is 31.2 Å². The zero-order valence-corrected chi connectivity index (χ0v) is 12.6. The van der Waals surface area contributed by atoms with Crippen LogP contribution in [0.25, 0.3) is 0 Å². The first-order valence-electron chi connectivity index (χ1n) is 7.90. The number of hydrogen-bond acceptors (Lipinski definition) is 2. The molecule has 0 bridgehead atoms. The Hall–Kier alpha value is -1.02. The lowest BCUT2D eigenvalue weighted by molar-refractivity contribution is 0.331. The number of benzene rings is 1. The average molecular weight is 260 g/mol. The first-order valence-corrected chi connectivity index (χ1v) is 7.90. The molecule has 2 rings (SSSR count). The van der Waals surface area contributed by atoms with Crippen LogP contribution in [0.2, 0.25) is 0 Å². The van der Waals surface area contributed by atoms with Crippen LogP contribution in [0.15, 0.2) is 24.3 Å². The summed E-state index contributed by atoms with van der Waals surface area (Å²) in [7, 11) is 0. The first-order chi connectivity index (χ1) is 9.35. The highest BCUT2D eigenvalue weighted by Gasteiger charge is 2.20. The molecular formula is C17H28N2. The van der Waals surface area contributed by atoms with Crippen molar-refractivity contribution in [2.24, 2.45) is 0 Å². The molecule has 2 heteroatoms. The maximum Gasteiger partial charge on any atom is 0.0708 e. The summed E-state index contributed by atoms with van der Waals surface area (Å²) in [5.41, 5.74) is 2.93. The van der Waals surface area contributed by atoms with Crippen molar-refractivity contribution in [3.8, 4) is 0 Å². The summed E-state index contributed by atoms with van der Waals surface area (Å²) in [6, 6.07) is 8.86. The average Bonchev–Trinajstić information content (AvgIpc) is 2.92. The van der Waals surface area contributed by atoms with Crippen molar-refractivity contribution in [3.63, 3.8) is 0 Å². The molecule has 2 nitrogen and oxygen atoms in total. The molecule has 0 atom stereocenters. The van der Waals surface area contributed by atoms with E-state index in [1.807, 2.05) is 0 Å². The van der Waals surface area contributed by atoms with Crippen LogP contribution in [-0.4, -0.2) is 31.2 Å². The van der Waals surface area contributed by atoms with Gasteiger partial charge in [0, 0.05) is 18.8 Å². The number of unbranched alkanes of at least 4 members (excludes halogenated alkanes) is 3. The van der Waals surface area contributed by atoms with E-state index < -0.39 is 0 Å². The van der Waals surface area contributed by atoms with E-state index in [-0.39, 0.29) is 0 Å². The first kappa shape index (κ1) is 14.4. The quantitative estimate of drug-likeness (QED) is 0.686. The van der Waals surface area contributed by atoms with Crippen molar-refractivity contribution in [3.05, 3.63) is 29.8 Å². The fourth-order valence-electron chi connectivity index (χ4n) is 2.90. The molecule has 19 heavy (non-hydrogen) atoms. The number of anilines is 1. The van der Waals surface area contributed by atoms with Crippen LogP contribution in [0.4, 0.5) is 5.69 Å². The van der Waals surface area contributed by atoms with Gasteiger partial charge in [-0.3, -0.25) is 4.90 Å². The zero-order chi connectivity index (χ0) is 13.5. The SMILES string of the molecule is CCCCCCN1CCN(c2ccccc2CC)C1. The van der Waals surface area contributed by atoms with Gasteiger partial charge in [-0.1, -0.05) is 51.3 Å². The van der Waals surface area contributed by atoms with Crippen molar-refractivity contribution < 1.29 is 0 Å². The van der Waals surface area contributed by atoms with Crippen LogP contribution in [0.5, 0.6) is 0 Å². The molecular weight excluding hydrogens is 232 g/mol. The smallest absolute Gasteiger partial charge is 0.0708 e. The van der Waals surface area contributed by atoms with E-state index in [9.17, 15) is 0 Å². The second-order valence-corrected chi connectivity index (χ2v) is 5.57. The van der Waals surface area contributed by atoms with Crippen molar-refractivity contribution in [1.29, 1.82) is 0 Å². The van der Waals surface area contributed by atoms with E-state index in [1.165, 1.54) is 56.6 Å². The fourth-order valence-corrected chi connectivity index (χ4v) is 2.90. The van der Waals surface area contributed by atoms with Gasteiger partial charge in [0.2, 0.25) is 0 Å². The molecule has 1 aromatic rings. The highest BCUT2D eigenvalue weighted by atomic mass is 15.4. The van der Waals surface area contributed by atoms with Crippen molar-refractivity contribution in [2.45, 2.75) is 46.0 Å². The third-order valence-electron chi connectivity index (χ3n) is 4.10. The molecule has 0 amide bonds. The molecule has 0 aromatic heterocycles. The van der Waals surface area contributed by atoms with Gasteiger partial charge in [0.05, 0.1) is 6.67 Å². The highest BCUT2D eigenvalue weighted by molar-refractivity contribution is 5.54. The topological polar surface area (TPSA) is 6.48 Å². The van der Waals surface area contributed by atoms with Gasteiger partial charge in [0.25, 0.3) is 0 Å². The lowest BCUT2D eigenvalue weighted by atomic mass is 10.1. The molecule has 106 valence electrons. The minimum atomic E-state index is 1.11. The number of nitrogens with zero attached hydrogens (tertiary/aromatic N) is 2. The van der Waals surface area contributed by atoms with Gasteiger partial charge in [-0.15, -0.1) is 0 Å². The minimum Gasteiger partial charge on any atom is -0.357 e. The summed E-state index contributed by atoms with van der Waals surface area (Å²) in [5, 5.41) is 0. The lowest BCUT2D eigenvalue weighted by Crippen LogP contribution is -2.26. The zero-order valence-electron chi connectivity index (χ0n) is 12.6. The van der Waals surface area contributed by atoms with Gasteiger partial charge in [-0.2, -0.15) is 0 Å². The van der Waals surface area contributed by atoms with E-state index in [0.717, 1.165) is 13.1 Å². The Morgan fingerprint density at radius 2 is 1.84 bits per heavy atom. The molecule has 1 saturated heterocycles. The van der Waals surface area contributed by atoms with Gasteiger partial charge in [-0.25, -0.2) is 0 Å². The Balaban J connectivity index is 1.84. The molecule has 1 heterocycles. The monoisotopic (exact) mass is 260 g/mol. The number of hydrogen-bond donors (Lipinski definition) is 0. The molecule has 0 aliphatic carbocycles.